The molecule has 2 N–H and O–H groups in total. The molecule has 1 aromatic heterocycles. The van der Waals surface area contributed by atoms with E-state index in [2.05, 4.69) is 5.16 Å². The number of nitrogen functional groups attached to an aromatic ring is 1. The van der Waals surface area contributed by atoms with E-state index in [-0.39, 0.29) is 0 Å². The monoisotopic (exact) mass is 258 g/mol. The maximum absolute atomic E-state index is 6.00. The summed E-state index contributed by atoms with van der Waals surface area (Å²) in [6, 6.07) is 7.85. The summed E-state index contributed by atoms with van der Waals surface area (Å²) in [5.41, 5.74) is 7.87. The average molecular weight is 258 g/mol. The van der Waals surface area contributed by atoms with E-state index in [1.807, 2.05) is 24.3 Å². The van der Waals surface area contributed by atoms with Gasteiger partial charge in [0, 0.05) is 11.5 Å². The second-order valence-corrected chi connectivity index (χ2v) is 4.99. The van der Waals surface area contributed by atoms with Crippen molar-refractivity contribution < 1.29 is 9.26 Å². The predicted molar refractivity (Wildman–Crippen MR) is 74.1 cm³/mol. The lowest BCUT2D eigenvalue weighted by molar-refractivity contribution is 0.363. The van der Waals surface area contributed by atoms with Crippen LogP contribution in [0.4, 0.5) is 5.82 Å². The highest BCUT2D eigenvalue weighted by Gasteiger charge is 2.28. The summed E-state index contributed by atoms with van der Waals surface area (Å²) in [6.45, 7) is 0. The zero-order valence-electron chi connectivity index (χ0n) is 11.1. The molecule has 0 aliphatic heterocycles. The number of ether oxygens (including phenoxy) is 1. The molecular weight excluding hydrogens is 240 g/mol. The molecule has 1 saturated carbocycles. The maximum atomic E-state index is 6.00. The van der Waals surface area contributed by atoms with E-state index in [4.69, 9.17) is 15.0 Å². The molecule has 1 aliphatic carbocycles. The third-order valence-corrected chi connectivity index (χ3v) is 3.85. The summed E-state index contributed by atoms with van der Waals surface area (Å²) in [5.74, 6) is 2.60. The van der Waals surface area contributed by atoms with Crippen molar-refractivity contribution in [2.24, 2.45) is 0 Å². The molecule has 0 spiro atoms. The minimum atomic E-state index is 0.435. The summed E-state index contributed by atoms with van der Waals surface area (Å²) in [5, 5.41) is 3.96. The molecule has 1 aliphatic rings. The summed E-state index contributed by atoms with van der Waals surface area (Å²) in [4.78, 5) is 0. The van der Waals surface area contributed by atoms with Gasteiger partial charge in [0.25, 0.3) is 0 Å². The molecule has 0 radical (unpaired) electrons. The van der Waals surface area contributed by atoms with Gasteiger partial charge in [-0.1, -0.05) is 36.2 Å². The molecule has 4 nitrogen and oxygen atoms in total. The number of nitrogens with zero attached hydrogens (tertiary/aromatic N) is 1. The van der Waals surface area contributed by atoms with Crippen LogP contribution >= 0.6 is 0 Å². The van der Waals surface area contributed by atoms with Crippen molar-refractivity contribution in [2.45, 2.75) is 31.6 Å². The Hall–Kier alpha value is -1.97. The van der Waals surface area contributed by atoms with Crippen LogP contribution in [0.1, 0.15) is 37.4 Å². The maximum Gasteiger partial charge on any atom is 0.175 e. The Bertz CT molecular complexity index is 571. The second kappa shape index (κ2) is 4.96. The first kappa shape index (κ1) is 12.1. The zero-order valence-corrected chi connectivity index (χ0v) is 11.1. The van der Waals surface area contributed by atoms with E-state index in [9.17, 15) is 0 Å². The quantitative estimate of drug-likeness (QED) is 0.913. The van der Waals surface area contributed by atoms with Crippen LogP contribution in [0.25, 0.3) is 11.1 Å². The largest absolute Gasteiger partial charge is 0.496 e. The number of nitrogens with two attached hydrogens (primary N) is 1. The SMILES string of the molecule is COc1ccccc1-c1c(N)noc1C1CCCC1. The van der Waals surface area contributed by atoms with Crippen LogP contribution in [0.2, 0.25) is 0 Å². The van der Waals surface area contributed by atoms with Crippen LogP contribution in [-0.4, -0.2) is 12.3 Å². The van der Waals surface area contributed by atoms with Crippen molar-refractivity contribution in [1.29, 1.82) is 0 Å². The normalized spacial score (nSPS) is 15.8. The smallest absolute Gasteiger partial charge is 0.175 e. The molecule has 0 unspecified atom stereocenters. The summed E-state index contributed by atoms with van der Waals surface area (Å²) < 4.78 is 10.9. The van der Waals surface area contributed by atoms with Crippen molar-refractivity contribution in [2.75, 3.05) is 12.8 Å². The summed E-state index contributed by atoms with van der Waals surface area (Å²) in [7, 11) is 1.66. The Balaban J connectivity index is 2.11. The van der Waals surface area contributed by atoms with E-state index in [0.29, 0.717) is 11.7 Å². The molecule has 100 valence electrons. The molecule has 0 saturated heterocycles. The third-order valence-electron chi connectivity index (χ3n) is 3.85. The zero-order chi connectivity index (χ0) is 13.2. The van der Waals surface area contributed by atoms with E-state index >= 15 is 0 Å². The van der Waals surface area contributed by atoms with Crippen molar-refractivity contribution >= 4 is 5.82 Å². The predicted octanol–water partition coefficient (Wildman–Crippen LogP) is 3.59. The number of benzene rings is 1. The summed E-state index contributed by atoms with van der Waals surface area (Å²) in [6.07, 6.45) is 4.79. The van der Waals surface area contributed by atoms with Gasteiger partial charge < -0.3 is 15.0 Å². The fraction of sp³-hybridized carbons (Fsp3) is 0.400. The molecule has 19 heavy (non-hydrogen) atoms. The number of hydrogen-bond donors (Lipinski definition) is 1. The van der Waals surface area contributed by atoms with Crippen molar-refractivity contribution in [3.63, 3.8) is 0 Å². The third kappa shape index (κ3) is 2.07. The number of methoxy groups -OCH3 is 1. The van der Waals surface area contributed by atoms with Gasteiger partial charge in [-0.3, -0.25) is 0 Å². The van der Waals surface area contributed by atoms with Gasteiger partial charge in [-0.2, -0.15) is 0 Å². The fourth-order valence-corrected chi connectivity index (χ4v) is 2.90. The Kier molecular flexibility index (Phi) is 3.15. The van der Waals surface area contributed by atoms with E-state index in [1.165, 1.54) is 12.8 Å². The number of aromatic nitrogens is 1. The van der Waals surface area contributed by atoms with Gasteiger partial charge in [0.05, 0.1) is 12.7 Å². The van der Waals surface area contributed by atoms with Crippen molar-refractivity contribution in [3.8, 4) is 16.9 Å². The van der Waals surface area contributed by atoms with Crippen LogP contribution in [0.5, 0.6) is 5.75 Å². The molecule has 0 amide bonds. The van der Waals surface area contributed by atoms with Crippen molar-refractivity contribution in [1.82, 2.24) is 5.16 Å². The highest BCUT2D eigenvalue weighted by atomic mass is 16.5. The number of hydrogen-bond acceptors (Lipinski definition) is 4. The standard InChI is InChI=1S/C15H18N2O2/c1-18-12-9-5-4-8-11(12)13-14(19-17-15(13)16)10-6-2-3-7-10/h4-5,8-10H,2-3,6-7H2,1H3,(H2,16,17). The first-order valence-electron chi connectivity index (χ1n) is 6.69. The van der Waals surface area contributed by atoms with Gasteiger partial charge in [-0.15, -0.1) is 0 Å². The molecule has 2 aromatic rings. The van der Waals surface area contributed by atoms with Crippen LogP contribution in [0, 0.1) is 0 Å². The molecule has 1 heterocycles. The lowest BCUT2D eigenvalue weighted by atomic mass is 9.96. The van der Waals surface area contributed by atoms with Crippen LogP contribution in [-0.2, 0) is 0 Å². The second-order valence-electron chi connectivity index (χ2n) is 4.99. The van der Waals surface area contributed by atoms with Crippen molar-refractivity contribution in [3.05, 3.63) is 30.0 Å². The molecule has 3 rings (SSSR count). The van der Waals surface area contributed by atoms with Gasteiger partial charge in [-0.25, -0.2) is 0 Å². The highest BCUT2D eigenvalue weighted by molar-refractivity contribution is 5.80. The van der Waals surface area contributed by atoms with Gasteiger partial charge in [0.15, 0.2) is 5.82 Å². The fourth-order valence-electron chi connectivity index (χ4n) is 2.90. The number of para-hydroxylation sites is 1. The van der Waals surface area contributed by atoms with E-state index in [0.717, 1.165) is 35.5 Å². The lowest BCUT2D eigenvalue weighted by Crippen LogP contribution is -1.96. The highest BCUT2D eigenvalue weighted by Crippen LogP contribution is 2.43. The van der Waals surface area contributed by atoms with E-state index in [1.54, 1.807) is 7.11 Å². The Morgan fingerprint density at radius 1 is 1.26 bits per heavy atom. The van der Waals surface area contributed by atoms with Crippen LogP contribution in [0.3, 0.4) is 0 Å². The van der Waals surface area contributed by atoms with Crippen LogP contribution < -0.4 is 10.5 Å². The van der Waals surface area contributed by atoms with Gasteiger partial charge >= 0.3 is 0 Å². The molecule has 1 aromatic carbocycles. The summed E-state index contributed by atoms with van der Waals surface area (Å²) >= 11 is 0. The first-order valence-corrected chi connectivity index (χ1v) is 6.69. The molecule has 4 heteroatoms. The van der Waals surface area contributed by atoms with Crippen LogP contribution in [0.15, 0.2) is 28.8 Å². The lowest BCUT2D eigenvalue weighted by Gasteiger charge is -2.11. The topological polar surface area (TPSA) is 61.3 Å². The Morgan fingerprint density at radius 2 is 2.00 bits per heavy atom. The Labute approximate surface area is 112 Å². The molecule has 0 atom stereocenters. The molecule has 1 fully saturated rings. The molecule has 0 bridgehead atoms. The van der Waals surface area contributed by atoms with Gasteiger partial charge in [-0.05, 0) is 18.9 Å². The van der Waals surface area contributed by atoms with E-state index < -0.39 is 0 Å². The number of anilines is 1. The van der Waals surface area contributed by atoms with Gasteiger partial charge in [0.1, 0.15) is 11.5 Å². The minimum Gasteiger partial charge on any atom is -0.496 e. The molecular formula is C15H18N2O2. The average Bonchev–Trinajstić information content (AvgIpc) is 3.07. The first-order chi connectivity index (χ1) is 9.31. The number of rotatable bonds is 3. The minimum absolute atomic E-state index is 0.435. The van der Waals surface area contributed by atoms with Gasteiger partial charge in [0.2, 0.25) is 0 Å². The Morgan fingerprint density at radius 3 is 2.74 bits per heavy atom.